The number of hydrogen-bond donors (Lipinski definition) is 2. The SMILES string of the molecule is CCNC(=NCc1ccc(C)c(F)c1)NCC1(SC)CCOCC1. The molecule has 1 aliphatic rings. The van der Waals surface area contributed by atoms with E-state index in [-0.39, 0.29) is 10.6 Å². The van der Waals surface area contributed by atoms with Crippen molar-refractivity contribution in [1.29, 1.82) is 0 Å². The minimum absolute atomic E-state index is 0.177. The standard InChI is InChI=1S/C18H28FN3OS/c1-4-20-17(21-12-15-6-5-14(2)16(19)11-15)22-13-18(24-3)7-9-23-10-8-18/h5-6,11H,4,7-10,12-13H2,1-3H3,(H2,20,21,22). The molecule has 0 radical (unpaired) electrons. The molecule has 6 heteroatoms. The molecule has 24 heavy (non-hydrogen) atoms. The Morgan fingerprint density at radius 3 is 2.71 bits per heavy atom. The van der Waals surface area contributed by atoms with Gasteiger partial charge in [0.1, 0.15) is 5.82 Å². The number of guanidine groups is 1. The molecule has 1 heterocycles. The molecule has 2 rings (SSSR count). The number of aliphatic imine (C=N–C) groups is 1. The molecule has 0 aliphatic carbocycles. The van der Waals surface area contributed by atoms with Crippen molar-refractivity contribution in [2.24, 2.45) is 4.99 Å². The summed E-state index contributed by atoms with van der Waals surface area (Å²) < 4.78 is 19.3. The molecule has 2 N–H and O–H groups in total. The smallest absolute Gasteiger partial charge is 0.191 e. The van der Waals surface area contributed by atoms with Crippen LogP contribution in [0.25, 0.3) is 0 Å². The maximum atomic E-state index is 13.6. The molecular formula is C18H28FN3OS. The van der Waals surface area contributed by atoms with E-state index in [1.165, 1.54) is 0 Å². The summed E-state index contributed by atoms with van der Waals surface area (Å²) in [6, 6.07) is 5.28. The third-order valence-electron chi connectivity index (χ3n) is 4.42. The lowest BCUT2D eigenvalue weighted by molar-refractivity contribution is 0.0783. The third kappa shape index (κ3) is 5.38. The summed E-state index contributed by atoms with van der Waals surface area (Å²) >= 11 is 1.90. The van der Waals surface area contributed by atoms with Gasteiger partial charge in [0.2, 0.25) is 0 Å². The Labute approximate surface area is 148 Å². The van der Waals surface area contributed by atoms with Gasteiger partial charge in [-0.3, -0.25) is 0 Å². The Morgan fingerprint density at radius 1 is 1.33 bits per heavy atom. The lowest BCUT2D eigenvalue weighted by Gasteiger charge is -2.36. The number of nitrogens with one attached hydrogen (secondary N) is 2. The van der Waals surface area contributed by atoms with E-state index in [2.05, 4.69) is 21.9 Å². The van der Waals surface area contributed by atoms with Crippen molar-refractivity contribution >= 4 is 17.7 Å². The number of hydrogen-bond acceptors (Lipinski definition) is 3. The van der Waals surface area contributed by atoms with Gasteiger partial charge >= 0.3 is 0 Å². The maximum absolute atomic E-state index is 13.6. The van der Waals surface area contributed by atoms with Gasteiger partial charge in [-0.1, -0.05) is 12.1 Å². The topological polar surface area (TPSA) is 45.7 Å². The van der Waals surface area contributed by atoms with E-state index in [9.17, 15) is 4.39 Å². The molecule has 1 aromatic carbocycles. The van der Waals surface area contributed by atoms with Crippen LogP contribution in [0, 0.1) is 12.7 Å². The fourth-order valence-electron chi connectivity index (χ4n) is 2.69. The van der Waals surface area contributed by atoms with E-state index in [1.54, 1.807) is 19.1 Å². The summed E-state index contributed by atoms with van der Waals surface area (Å²) in [4.78, 5) is 4.59. The van der Waals surface area contributed by atoms with Crippen molar-refractivity contribution < 1.29 is 9.13 Å². The number of rotatable bonds is 6. The maximum Gasteiger partial charge on any atom is 0.191 e. The summed E-state index contributed by atoms with van der Waals surface area (Å²) in [6.07, 6.45) is 4.25. The zero-order valence-electron chi connectivity index (χ0n) is 14.8. The highest BCUT2D eigenvalue weighted by atomic mass is 32.2. The van der Waals surface area contributed by atoms with Crippen LogP contribution >= 0.6 is 11.8 Å². The summed E-state index contributed by atoms with van der Waals surface area (Å²) in [6.45, 7) is 7.56. The van der Waals surface area contributed by atoms with Crippen molar-refractivity contribution in [3.05, 3.63) is 35.1 Å². The average Bonchev–Trinajstić information content (AvgIpc) is 2.61. The lowest BCUT2D eigenvalue weighted by atomic mass is 9.99. The second-order valence-electron chi connectivity index (χ2n) is 6.13. The minimum atomic E-state index is -0.177. The fraction of sp³-hybridized carbons (Fsp3) is 0.611. The van der Waals surface area contributed by atoms with Crippen LogP contribution in [-0.4, -0.2) is 43.3 Å². The Balaban J connectivity index is 1.98. The monoisotopic (exact) mass is 353 g/mol. The van der Waals surface area contributed by atoms with Gasteiger partial charge in [0.25, 0.3) is 0 Å². The fourth-order valence-corrected chi connectivity index (χ4v) is 3.48. The van der Waals surface area contributed by atoms with Crippen molar-refractivity contribution in [3.8, 4) is 0 Å². The van der Waals surface area contributed by atoms with Crippen LogP contribution in [0.2, 0.25) is 0 Å². The molecule has 1 aliphatic heterocycles. The van der Waals surface area contributed by atoms with E-state index < -0.39 is 0 Å². The zero-order chi connectivity index (χ0) is 17.4. The highest BCUT2D eigenvalue weighted by Crippen LogP contribution is 2.32. The molecule has 0 unspecified atom stereocenters. The van der Waals surface area contributed by atoms with Crippen molar-refractivity contribution in [1.82, 2.24) is 10.6 Å². The molecule has 4 nitrogen and oxygen atoms in total. The van der Waals surface area contributed by atoms with E-state index in [4.69, 9.17) is 4.74 Å². The zero-order valence-corrected chi connectivity index (χ0v) is 15.6. The summed E-state index contributed by atoms with van der Waals surface area (Å²) in [5.74, 6) is 0.600. The summed E-state index contributed by atoms with van der Waals surface area (Å²) in [7, 11) is 0. The van der Waals surface area contributed by atoms with Gasteiger partial charge in [-0.2, -0.15) is 11.8 Å². The lowest BCUT2D eigenvalue weighted by Crippen LogP contribution is -2.47. The molecule has 1 aromatic rings. The first-order valence-electron chi connectivity index (χ1n) is 8.49. The largest absolute Gasteiger partial charge is 0.381 e. The Kier molecular flexibility index (Phi) is 7.37. The van der Waals surface area contributed by atoms with Crippen molar-refractivity contribution in [2.45, 2.75) is 38.0 Å². The Morgan fingerprint density at radius 2 is 2.08 bits per heavy atom. The van der Waals surface area contributed by atoms with Crippen LogP contribution < -0.4 is 10.6 Å². The molecule has 134 valence electrons. The predicted molar refractivity (Wildman–Crippen MR) is 100 cm³/mol. The second kappa shape index (κ2) is 9.28. The normalized spacial score (nSPS) is 17.6. The van der Waals surface area contributed by atoms with Gasteiger partial charge in [-0.15, -0.1) is 0 Å². The van der Waals surface area contributed by atoms with Crippen LogP contribution in [0.15, 0.2) is 23.2 Å². The highest BCUT2D eigenvalue weighted by molar-refractivity contribution is 8.00. The quantitative estimate of drug-likeness (QED) is 0.609. The predicted octanol–water partition coefficient (Wildman–Crippen LogP) is 3.10. The van der Waals surface area contributed by atoms with Crippen LogP contribution in [0.1, 0.15) is 30.9 Å². The molecule has 1 fully saturated rings. The number of halogens is 1. The molecule has 0 amide bonds. The van der Waals surface area contributed by atoms with E-state index in [1.807, 2.05) is 24.8 Å². The Hall–Kier alpha value is -1.27. The second-order valence-corrected chi connectivity index (χ2v) is 7.41. The van der Waals surface area contributed by atoms with Gasteiger partial charge in [0.15, 0.2) is 5.96 Å². The van der Waals surface area contributed by atoms with Gasteiger partial charge in [0, 0.05) is 31.1 Å². The van der Waals surface area contributed by atoms with Crippen LogP contribution in [0.4, 0.5) is 4.39 Å². The number of thioether (sulfide) groups is 1. The van der Waals surface area contributed by atoms with E-state index in [0.717, 1.165) is 50.7 Å². The molecule has 1 saturated heterocycles. The van der Waals surface area contributed by atoms with E-state index in [0.29, 0.717) is 12.1 Å². The van der Waals surface area contributed by atoms with E-state index >= 15 is 0 Å². The molecule has 0 atom stereocenters. The first kappa shape index (κ1) is 19.1. The van der Waals surface area contributed by atoms with Crippen molar-refractivity contribution in [3.63, 3.8) is 0 Å². The summed E-state index contributed by atoms with van der Waals surface area (Å²) in [5, 5.41) is 6.71. The van der Waals surface area contributed by atoms with Gasteiger partial charge in [-0.25, -0.2) is 9.38 Å². The van der Waals surface area contributed by atoms with Gasteiger partial charge < -0.3 is 15.4 Å². The van der Waals surface area contributed by atoms with Gasteiger partial charge in [-0.05, 0) is 50.1 Å². The highest BCUT2D eigenvalue weighted by Gasteiger charge is 2.31. The van der Waals surface area contributed by atoms with Crippen LogP contribution in [0.5, 0.6) is 0 Å². The molecule has 0 aromatic heterocycles. The summed E-state index contributed by atoms with van der Waals surface area (Å²) in [5.41, 5.74) is 1.54. The minimum Gasteiger partial charge on any atom is -0.381 e. The number of benzene rings is 1. The molecule has 0 saturated carbocycles. The molecule has 0 bridgehead atoms. The molecular weight excluding hydrogens is 325 g/mol. The van der Waals surface area contributed by atoms with Crippen LogP contribution in [0.3, 0.4) is 0 Å². The van der Waals surface area contributed by atoms with Gasteiger partial charge in [0.05, 0.1) is 6.54 Å². The van der Waals surface area contributed by atoms with Crippen molar-refractivity contribution in [2.75, 3.05) is 32.6 Å². The average molecular weight is 354 g/mol. The number of aryl methyl sites for hydroxylation is 1. The van der Waals surface area contributed by atoms with Crippen LogP contribution in [-0.2, 0) is 11.3 Å². The number of nitrogens with zero attached hydrogens (tertiary/aromatic N) is 1. The first-order chi connectivity index (χ1) is 11.6. The number of ether oxygens (including phenoxy) is 1. The third-order valence-corrected chi connectivity index (χ3v) is 5.83. The molecule has 0 spiro atoms. The first-order valence-corrected chi connectivity index (χ1v) is 9.71. The Bertz CT molecular complexity index is 559.